The fourth-order valence-electron chi connectivity index (χ4n) is 0.880. The topological polar surface area (TPSA) is 3.24 Å². The van der Waals surface area contributed by atoms with Gasteiger partial charge < -0.3 is 11.8 Å². The molecule has 13 heavy (non-hydrogen) atoms. The van der Waals surface area contributed by atoms with Crippen LogP contribution < -0.4 is 0 Å². The van der Waals surface area contributed by atoms with Gasteiger partial charge in [0.2, 0.25) is 0 Å². The summed E-state index contributed by atoms with van der Waals surface area (Å²) >= 11 is 0. The second kappa shape index (κ2) is 12.2. The summed E-state index contributed by atoms with van der Waals surface area (Å²) < 4.78 is 0. The molecule has 0 aromatic carbocycles. The molecule has 0 radical (unpaired) electrons. The summed E-state index contributed by atoms with van der Waals surface area (Å²) in [4.78, 5) is 2.26. The van der Waals surface area contributed by atoms with Crippen molar-refractivity contribution in [2.45, 2.75) is 20.3 Å². The number of allylic oxidation sites excluding steroid dienone is 4. The Morgan fingerprint density at radius 2 is 2.00 bits per heavy atom. The molecule has 0 aromatic rings. The van der Waals surface area contributed by atoms with Crippen LogP contribution in [0.25, 0.3) is 0 Å². The number of hydrogen-bond donors (Lipinski definition) is 0. The Hall–Kier alpha value is 0.154. The van der Waals surface area contributed by atoms with Gasteiger partial charge in [-0.05, 0) is 13.1 Å². The normalized spacial score (nSPS) is 12.3. The van der Waals surface area contributed by atoms with E-state index in [1.807, 2.05) is 12.2 Å². The Balaban J connectivity index is 0. The summed E-state index contributed by atoms with van der Waals surface area (Å²) in [6.45, 7) is 11.2. The second-order valence-electron chi connectivity index (χ2n) is 2.53. The zero-order valence-electron chi connectivity index (χ0n) is 8.71. The van der Waals surface area contributed by atoms with Gasteiger partial charge in [-0.1, -0.05) is 13.8 Å². The number of hydrogen-bond acceptors (Lipinski definition) is 1. The van der Waals surface area contributed by atoms with Gasteiger partial charge in [-0.25, -0.2) is 12.2 Å². The molecule has 72 valence electrons. The van der Waals surface area contributed by atoms with Gasteiger partial charge in [-0.2, -0.15) is 6.08 Å². The summed E-state index contributed by atoms with van der Waals surface area (Å²) in [6, 6.07) is 0. The maximum Gasteiger partial charge on any atom is 2.00 e. The van der Waals surface area contributed by atoms with Crippen LogP contribution in [0.5, 0.6) is 0 Å². The predicted molar refractivity (Wildman–Crippen MR) is 54.7 cm³/mol. The van der Waals surface area contributed by atoms with Crippen LogP contribution in [-0.2, 0) is 21.7 Å². The Bertz CT molecular complexity index is 122. The van der Waals surface area contributed by atoms with Gasteiger partial charge in [-0.15, -0.1) is 13.0 Å². The minimum Gasteiger partial charge on any atom is -0.333 e. The van der Waals surface area contributed by atoms with Crippen LogP contribution in [-0.4, -0.2) is 24.5 Å². The van der Waals surface area contributed by atoms with Gasteiger partial charge in [0.25, 0.3) is 0 Å². The van der Waals surface area contributed by atoms with Crippen molar-refractivity contribution in [1.29, 1.82) is 0 Å². The summed E-state index contributed by atoms with van der Waals surface area (Å²) in [6.07, 6.45) is 10.0. The molecule has 1 rings (SSSR count). The Morgan fingerprint density at radius 3 is 2.08 bits per heavy atom. The van der Waals surface area contributed by atoms with Crippen molar-refractivity contribution in [3.63, 3.8) is 0 Å². The Kier molecular flexibility index (Phi) is 14.6. The van der Waals surface area contributed by atoms with Crippen LogP contribution in [0.3, 0.4) is 0 Å². The summed E-state index contributed by atoms with van der Waals surface area (Å²) in [5, 5.41) is 0. The predicted octanol–water partition coefficient (Wildman–Crippen LogP) is 2.47. The van der Waals surface area contributed by atoms with E-state index in [1.54, 1.807) is 0 Å². The molecule has 1 aliphatic rings. The van der Waals surface area contributed by atoms with E-state index in [0.29, 0.717) is 0 Å². The average Bonchev–Trinajstić information content (AvgIpc) is 2.64. The summed E-state index contributed by atoms with van der Waals surface area (Å²) in [5.74, 6) is 0. The van der Waals surface area contributed by atoms with Gasteiger partial charge in [-0.3, -0.25) is 6.08 Å². The molecule has 0 N–H and O–H groups in total. The molecule has 2 heteroatoms. The third-order valence-electron chi connectivity index (χ3n) is 1.80. The van der Waals surface area contributed by atoms with Crippen LogP contribution >= 0.6 is 0 Å². The van der Waals surface area contributed by atoms with Gasteiger partial charge in [0, 0.05) is 0 Å². The third-order valence-corrected chi connectivity index (χ3v) is 1.80. The fraction of sp³-hybridized carbons (Fsp3) is 0.545. The quantitative estimate of drug-likeness (QED) is 0.514. The van der Waals surface area contributed by atoms with Gasteiger partial charge in [0.05, 0.1) is 0 Å². The van der Waals surface area contributed by atoms with Crippen LogP contribution in [0.15, 0.2) is 18.2 Å². The van der Waals surface area contributed by atoms with Crippen molar-refractivity contribution in [1.82, 2.24) is 4.90 Å². The van der Waals surface area contributed by atoms with Crippen LogP contribution in [0.2, 0.25) is 0 Å². The first-order valence-electron chi connectivity index (χ1n) is 4.58. The molecule has 0 aliphatic heterocycles. The van der Waals surface area contributed by atoms with Crippen LogP contribution in [0.4, 0.5) is 0 Å². The molecule has 0 amide bonds. The van der Waals surface area contributed by atoms with E-state index in [4.69, 9.17) is 0 Å². The molecule has 1 aliphatic carbocycles. The van der Waals surface area contributed by atoms with Crippen molar-refractivity contribution < 1.29 is 21.7 Å². The van der Waals surface area contributed by atoms with Gasteiger partial charge in [0.15, 0.2) is 0 Å². The third kappa shape index (κ3) is 10.1. The van der Waals surface area contributed by atoms with E-state index in [0.717, 1.165) is 26.1 Å². The molecule has 0 spiro atoms. The first-order valence-corrected chi connectivity index (χ1v) is 4.58. The smallest absolute Gasteiger partial charge is 0.333 e. The number of nitrogens with zero attached hydrogens (tertiary/aromatic N) is 1. The standard InChI is InChI=1S/C6H14N.C5H5.Ti/c1-4-7(5-2)6-3;1-2-4-5-3-1;/h1,4-6H2,2-3H3;1-3H,4H2;/q2*-1;+2. The molecule has 1 nitrogen and oxygen atoms in total. The molecule has 0 saturated heterocycles. The first-order chi connectivity index (χ1) is 5.85. The maximum absolute atomic E-state index is 3.75. The summed E-state index contributed by atoms with van der Waals surface area (Å²) in [5.41, 5.74) is 0. The van der Waals surface area contributed by atoms with Crippen molar-refractivity contribution in [2.24, 2.45) is 0 Å². The maximum atomic E-state index is 3.75. The Morgan fingerprint density at radius 1 is 1.38 bits per heavy atom. The van der Waals surface area contributed by atoms with E-state index >= 15 is 0 Å². The molecular weight excluding hydrogens is 194 g/mol. The molecule has 0 saturated carbocycles. The number of rotatable bonds is 3. The summed E-state index contributed by atoms with van der Waals surface area (Å²) in [7, 11) is 0. The van der Waals surface area contributed by atoms with Crippen LogP contribution in [0.1, 0.15) is 20.3 Å². The second-order valence-corrected chi connectivity index (χ2v) is 2.53. The van der Waals surface area contributed by atoms with Gasteiger partial charge >= 0.3 is 21.7 Å². The molecule has 0 unspecified atom stereocenters. The van der Waals surface area contributed by atoms with E-state index in [2.05, 4.69) is 37.8 Å². The molecule has 0 fully saturated rings. The zero-order chi connectivity index (χ0) is 9.23. The Labute approximate surface area is 97.8 Å². The van der Waals surface area contributed by atoms with Crippen molar-refractivity contribution in [2.75, 3.05) is 19.6 Å². The average molecular weight is 213 g/mol. The molecule has 0 aromatic heterocycles. The van der Waals surface area contributed by atoms with Crippen molar-refractivity contribution >= 4 is 0 Å². The minimum absolute atomic E-state index is 0. The molecule has 0 atom stereocenters. The minimum atomic E-state index is 0. The van der Waals surface area contributed by atoms with Gasteiger partial charge in [0.1, 0.15) is 0 Å². The van der Waals surface area contributed by atoms with Crippen molar-refractivity contribution in [3.8, 4) is 0 Å². The van der Waals surface area contributed by atoms with E-state index < -0.39 is 0 Å². The largest absolute Gasteiger partial charge is 2.00 e. The van der Waals surface area contributed by atoms with E-state index in [1.165, 1.54) is 0 Å². The molecule has 0 bridgehead atoms. The monoisotopic (exact) mass is 213 g/mol. The zero-order valence-corrected chi connectivity index (χ0v) is 10.3. The molecular formula is C11H19NTi. The van der Waals surface area contributed by atoms with Crippen LogP contribution in [0, 0.1) is 13.0 Å². The molecule has 0 heterocycles. The van der Waals surface area contributed by atoms with Crippen molar-refractivity contribution in [3.05, 3.63) is 31.2 Å². The van der Waals surface area contributed by atoms with E-state index in [9.17, 15) is 0 Å². The fourth-order valence-corrected chi connectivity index (χ4v) is 0.880. The SMILES string of the molecule is [C-]1=CC=CC1.[CH2-]CN(CC)CC.[Ti+2]. The van der Waals surface area contributed by atoms with E-state index in [-0.39, 0.29) is 21.7 Å². The first kappa shape index (κ1) is 15.6.